The molecule has 0 bridgehead atoms. The number of hydrogen-bond donors (Lipinski definition) is 1. The summed E-state index contributed by atoms with van der Waals surface area (Å²) in [6, 6.07) is 13.4. The molecule has 1 saturated heterocycles. The van der Waals surface area contributed by atoms with Gasteiger partial charge in [0.1, 0.15) is 6.04 Å². The molecule has 2 heterocycles. The zero-order valence-corrected chi connectivity index (χ0v) is 13.3. The molecule has 1 fully saturated rings. The largest absolute Gasteiger partial charge is 0.316 e. The molecule has 0 spiro atoms. The smallest absolute Gasteiger partial charge is 0.162 e. The van der Waals surface area contributed by atoms with E-state index in [2.05, 4.69) is 64.0 Å². The normalized spacial score (nSPS) is 19.8. The van der Waals surface area contributed by atoms with Crippen molar-refractivity contribution in [1.29, 1.82) is 0 Å². The third-order valence-electron chi connectivity index (χ3n) is 4.76. The second kappa shape index (κ2) is 6.08. The van der Waals surface area contributed by atoms with Crippen molar-refractivity contribution in [2.75, 3.05) is 13.1 Å². The van der Waals surface area contributed by atoms with Gasteiger partial charge < -0.3 is 5.32 Å². The molecule has 2 atom stereocenters. The lowest BCUT2D eigenvalue weighted by atomic mass is 9.86. The third kappa shape index (κ3) is 2.84. The van der Waals surface area contributed by atoms with Crippen LogP contribution in [-0.2, 0) is 0 Å². The zero-order chi connectivity index (χ0) is 15.6. The van der Waals surface area contributed by atoms with Crippen LogP contribution in [0.5, 0.6) is 0 Å². The van der Waals surface area contributed by atoms with E-state index in [0.29, 0.717) is 5.92 Å². The van der Waals surface area contributed by atoms with Gasteiger partial charge >= 0.3 is 0 Å². The average molecular weight is 307 g/mol. The summed E-state index contributed by atoms with van der Waals surface area (Å²) in [7, 11) is 0. The molecular weight excluding hydrogens is 286 g/mol. The van der Waals surface area contributed by atoms with Crippen molar-refractivity contribution in [3.05, 3.63) is 53.9 Å². The quantitative estimate of drug-likeness (QED) is 0.808. The summed E-state index contributed by atoms with van der Waals surface area (Å²) >= 11 is 0. The Kier molecular flexibility index (Phi) is 3.79. The molecule has 1 aromatic heterocycles. The highest BCUT2D eigenvalue weighted by atomic mass is 15.6. The van der Waals surface area contributed by atoms with Crippen LogP contribution in [0.25, 0.3) is 10.8 Å². The van der Waals surface area contributed by atoms with Gasteiger partial charge in [-0.15, -0.1) is 10.2 Å². The number of aromatic nitrogens is 4. The SMILES string of the molecule is Cc1ccc2cc([C@H]([C@H]3CCCNC3)n3ncnn3)ccc2c1. The summed E-state index contributed by atoms with van der Waals surface area (Å²) in [6.45, 7) is 4.23. The number of hydrogen-bond acceptors (Lipinski definition) is 4. The van der Waals surface area contributed by atoms with Crippen LogP contribution in [0.3, 0.4) is 0 Å². The fourth-order valence-electron chi connectivity index (χ4n) is 3.61. The van der Waals surface area contributed by atoms with Gasteiger partial charge in [-0.25, -0.2) is 0 Å². The first-order valence-electron chi connectivity index (χ1n) is 8.25. The molecule has 5 nitrogen and oxygen atoms in total. The Bertz CT molecular complexity index is 790. The van der Waals surface area contributed by atoms with Crippen molar-refractivity contribution >= 4 is 10.8 Å². The first kappa shape index (κ1) is 14.3. The monoisotopic (exact) mass is 307 g/mol. The fourth-order valence-corrected chi connectivity index (χ4v) is 3.61. The molecule has 118 valence electrons. The van der Waals surface area contributed by atoms with Crippen molar-refractivity contribution in [3.63, 3.8) is 0 Å². The van der Waals surface area contributed by atoms with Gasteiger partial charge in [-0.1, -0.05) is 35.9 Å². The summed E-state index contributed by atoms with van der Waals surface area (Å²) in [5.74, 6) is 0.487. The van der Waals surface area contributed by atoms with Crippen LogP contribution in [0.1, 0.15) is 30.0 Å². The molecule has 4 rings (SSSR count). The van der Waals surface area contributed by atoms with Gasteiger partial charge in [-0.05, 0) is 59.8 Å². The molecule has 0 amide bonds. The predicted molar refractivity (Wildman–Crippen MR) is 90.2 cm³/mol. The van der Waals surface area contributed by atoms with E-state index in [1.807, 2.05) is 0 Å². The molecule has 0 saturated carbocycles. The van der Waals surface area contributed by atoms with Crippen molar-refractivity contribution in [1.82, 2.24) is 25.5 Å². The number of fused-ring (bicyclic) bond motifs is 1. The molecule has 5 heteroatoms. The molecule has 0 aliphatic carbocycles. The lowest BCUT2D eigenvalue weighted by molar-refractivity contribution is 0.261. The lowest BCUT2D eigenvalue weighted by Gasteiger charge is -2.30. The van der Waals surface area contributed by atoms with Gasteiger partial charge in [0, 0.05) is 6.54 Å². The summed E-state index contributed by atoms with van der Waals surface area (Å²) in [4.78, 5) is 1.77. The van der Waals surface area contributed by atoms with E-state index < -0.39 is 0 Å². The Balaban J connectivity index is 1.77. The third-order valence-corrected chi connectivity index (χ3v) is 4.76. The Morgan fingerprint density at radius 3 is 2.83 bits per heavy atom. The molecule has 1 aliphatic rings. The van der Waals surface area contributed by atoms with Gasteiger partial charge in [0.2, 0.25) is 0 Å². The highest BCUT2D eigenvalue weighted by molar-refractivity contribution is 5.83. The maximum absolute atomic E-state index is 4.33. The highest BCUT2D eigenvalue weighted by Crippen LogP contribution is 2.31. The topological polar surface area (TPSA) is 55.6 Å². The van der Waals surface area contributed by atoms with E-state index in [0.717, 1.165) is 13.1 Å². The minimum Gasteiger partial charge on any atom is -0.316 e. The first-order valence-corrected chi connectivity index (χ1v) is 8.25. The molecule has 3 aromatic rings. The summed E-state index contributed by atoms with van der Waals surface area (Å²) in [5.41, 5.74) is 2.55. The Morgan fingerprint density at radius 1 is 1.17 bits per heavy atom. The van der Waals surface area contributed by atoms with E-state index in [-0.39, 0.29) is 6.04 Å². The maximum atomic E-state index is 4.33. The van der Waals surface area contributed by atoms with Crippen LogP contribution in [0, 0.1) is 12.8 Å². The molecule has 1 aliphatic heterocycles. The fraction of sp³-hybridized carbons (Fsp3) is 0.389. The molecule has 0 radical (unpaired) electrons. The van der Waals surface area contributed by atoms with Crippen LogP contribution in [0.2, 0.25) is 0 Å². The van der Waals surface area contributed by atoms with Crippen molar-refractivity contribution in [2.24, 2.45) is 5.92 Å². The van der Waals surface area contributed by atoms with Gasteiger partial charge in [-0.3, -0.25) is 0 Å². The zero-order valence-electron chi connectivity index (χ0n) is 13.3. The number of rotatable bonds is 3. The molecule has 2 aromatic carbocycles. The van der Waals surface area contributed by atoms with Gasteiger partial charge in [0.15, 0.2) is 6.33 Å². The van der Waals surface area contributed by atoms with Crippen LogP contribution in [-0.4, -0.2) is 33.3 Å². The molecular formula is C18H21N5. The standard InChI is InChI=1S/C18H21N5/c1-13-4-5-15-10-16(7-6-14(15)9-13)18(23-21-12-20-22-23)17-3-2-8-19-11-17/h4-7,9-10,12,17-19H,2-3,8,11H2,1H3/t17-,18+/m0/s1. The molecule has 23 heavy (non-hydrogen) atoms. The van der Waals surface area contributed by atoms with E-state index in [1.54, 1.807) is 4.80 Å². The predicted octanol–water partition coefficient (Wildman–Crippen LogP) is 2.72. The van der Waals surface area contributed by atoms with E-state index in [4.69, 9.17) is 0 Å². The van der Waals surface area contributed by atoms with Crippen molar-refractivity contribution in [2.45, 2.75) is 25.8 Å². The van der Waals surface area contributed by atoms with Crippen LogP contribution in [0.15, 0.2) is 42.7 Å². The van der Waals surface area contributed by atoms with E-state index >= 15 is 0 Å². The molecule has 1 N–H and O–H groups in total. The minimum absolute atomic E-state index is 0.135. The summed E-state index contributed by atoms with van der Waals surface area (Å²) < 4.78 is 0. The highest BCUT2D eigenvalue weighted by Gasteiger charge is 2.28. The summed E-state index contributed by atoms with van der Waals surface area (Å²) in [6.07, 6.45) is 3.90. The van der Waals surface area contributed by atoms with Gasteiger partial charge in [0.25, 0.3) is 0 Å². The van der Waals surface area contributed by atoms with E-state index in [9.17, 15) is 0 Å². The lowest BCUT2D eigenvalue weighted by Crippen LogP contribution is -2.36. The van der Waals surface area contributed by atoms with E-state index in [1.165, 1.54) is 41.1 Å². The van der Waals surface area contributed by atoms with Gasteiger partial charge in [-0.2, -0.15) is 4.80 Å². The second-order valence-electron chi connectivity index (χ2n) is 6.42. The Hall–Kier alpha value is -2.27. The number of benzene rings is 2. The number of aryl methyl sites for hydroxylation is 1. The van der Waals surface area contributed by atoms with Crippen LogP contribution in [0.4, 0.5) is 0 Å². The number of piperidine rings is 1. The van der Waals surface area contributed by atoms with Crippen molar-refractivity contribution in [3.8, 4) is 0 Å². The maximum Gasteiger partial charge on any atom is 0.162 e. The van der Waals surface area contributed by atoms with Crippen LogP contribution < -0.4 is 5.32 Å². The van der Waals surface area contributed by atoms with Crippen molar-refractivity contribution < 1.29 is 0 Å². The number of tetrazole rings is 1. The Morgan fingerprint density at radius 2 is 2.04 bits per heavy atom. The Labute approximate surface area is 135 Å². The molecule has 0 unspecified atom stereocenters. The second-order valence-corrected chi connectivity index (χ2v) is 6.42. The average Bonchev–Trinajstić information content (AvgIpc) is 3.10. The van der Waals surface area contributed by atoms with Gasteiger partial charge in [0.05, 0.1) is 0 Å². The number of nitrogens with zero attached hydrogens (tertiary/aromatic N) is 4. The van der Waals surface area contributed by atoms with Crippen LogP contribution >= 0.6 is 0 Å². The first-order chi connectivity index (χ1) is 11.3. The minimum atomic E-state index is 0.135. The number of nitrogens with one attached hydrogen (secondary N) is 1. The summed E-state index contributed by atoms with van der Waals surface area (Å²) in [5, 5.41) is 18.5.